The molecular formula is C12H28N2O2S. The van der Waals surface area contributed by atoms with Crippen LogP contribution in [0.25, 0.3) is 0 Å². The molecule has 0 aliphatic heterocycles. The maximum absolute atomic E-state index is 11.8. The molecule has 4 nitrogen and oxygen atoms in total. The summed E-state index contributed by atoms with van der Waals surface area (Å²) in [5.41, 5.74) is 0. The molecule has 0 aliphatic rings. The lowest BCUT2D eigenvalue weighted by molar-refractivity contribution is 0.436. The Kier molecular flexibility index (Phi) is 8.82. The largest absolute Gasteiger partial charge is 0.317 e. The molecule has 0 aromatic rings. The number of hydrogen-bond donors (Lipinski definition) is 2. The van der Waals surface area contributed by atoms with Crippen LogP contribution in [0.4, 0.5) is 0 Å². The normalized spacial score (nSPS) is 14.2. The predicted molar refractivity (Wildman–Crippen MR) is 73.6 cm³/mol. The third kappa shape index (κ3) is 8.57. The Morgan fingerprint density at radius 1 is 1.12 bits per heavy atom. The summed E-state index contributed by atoms with van der Waals surface area (Å²) in [5.74, 6) is 0.582. The first kappa shape index (κ1) is 16.9. The van der Waals surface area contributed by atoms with E-state index in [9.17, 15) is 8.42 Å². The molecule has 0 rings (SSSR count). The molecule has 0 radical (unpaired) electrons. The lowest BCUT2D eigenvalue weighted by Gasteiger charge is -2.20. The molecule has 0 fully saturated rings. The summed E-state index contributed by atoms with van der Waals surface area (Å²) in [6, 6.07) is 0.0637. The number of nitrogens with one attached hydrogen (secondary N) is 2. The first-order chi connectivity index (χ1) is 7.93. The van der Waals surface area contributed by atoms with Crippen molar-refractivity contribution >= 4 is 10.0 Å². The van der Waals surface area contributed by atoms with Crippen molar-refractivity contribution in [3.63, 3.8) is 0 Å². The summed E-state index contributed by atoms with van der Waals surface area (Å²) in [5, 5.41) is 3.19. The summed E-state index contributed by atoms with van der Waals surface area (Å²) >= 11 is 0. The van der Waals surface area contributed by atoms with Gasteiger partial charge in [-0.1, -0.05) is 27.7 Å². The van der Waals surface area contributed by atoms with E-state index in [-0.39, 0.29) is 11.8 Å². The van der Waals surface area contributed by atoms with Gasteiger partial charge in [0.05, 0.1) is 5.75 Å². The van der Waals surface area contributed by atoms with Gasteiger partial charge in [-0.2, -0.15) is 0 Å². The zero-order valence-corrected chi connectivity index (χ0v) is 12.4. The second-order valence-electron chi connectivity index (χ2n) is 4.76. The summed E-state index contributed by atoms with van der Waals surface area (Å²) in [6.45, 7) is 9.98. The molecule has 5 heteroatoms. The number of sulfonamides is 1. The quantitative estimate of drug-likeness (QED) is 0.591. The van der Waals surface area contributed by atoms with Crippen LogP contribution >= 0.6 is 0 Å². The average molecular weight is 264 g/mol. The van der Waals surface area contributed by atoms with Crippen LogP contribution in [0.5, 0.6) is 0 Å². The van der Waals surface area contributed by atoms with Gasteiger partial charge < -0.3 is 5.32 Å². The zero-order chi connectivity index (χ0) is 13.3. The fourth-order valence-electron chi connectivity index (χ4n) is 1.70. The topological polar surface area (TPSA) is 58.2 Å². The van der Waals surface area contributed by atoms with Crippen molar-refractivity contribution in [1.29, 1.82) is 0 Å². The fourth-order valence-corrected chi connectivity index (χ4v) is 3.30. The van der Waals surface area contributed by atoms with Crippen LogP contribution in [0, 0.1) is 5.92 Å². The zero-order valence-electron chi connectivity index (χ0n) is 11.6. The molecule has 0 saturated heterocycles. The highest BCUT2D eigenvalue weighted by molar-refractivity contribution is 7.89. The molecule has 0 amide bonds. The SMILES string of the molecule is CCNCCCCS(=O)(=O)NC(CC)C(C)C. The minimum Gasteiger partial charge on any atom is -0.317 e. The van der Waals surface area contributed by atoms with E-state index in [4.69, 9.17) is 0 Å². The molecule has 1 unspecified atom stereocenters. The number of rotatable bonds is 10. The van der Waals surface area contributed by atoms with Crippen molar-refractivity contribution in [2.24, 2.45) is 5.92 Å². The van der Waals surface area contributed by atoms with Gasteiger partial charge in [0.2, 0.25) is 10.0 Å². The number of unbranched alkanes of at least 4 members (excludes halogenated alkanes) is 1. The van der Waals surface area contributed by atoms with E-state index in [1.807, 2.05) is 27.7 Å². The van der Waals surface area contributed by atoms with Gasteiger partial charge >= 0.3 is 0 Å². The minimum absolute atomic E-state index is 0.0637. The van der Waals surface area contributed by atoms with Crippen LogP contribution in [-0.4, -0.2) is 33.3 Å². The molecule has 17 heavy (non-hydrogen) atoms. The molecule has 0 aromatic heterocycles. The summed E-state index contributed by atoms with van der Waals surface area (Å²) < 4.78 is 26.4. The van der Waals surface area contributed by atoms with Gasteiger partial charge in [-0.05, 0) is 38.3 Å². The highest BCUT2D eigenvalue weighted by Crippen LogP contribution is 2.07. The first-order valence-corrected chi connectivity index (χ1v) is 8.28. The van der Waals surface area contributed by atoms with Crippen LogP contribution in [0.2, 0.25) is 0 Å². The maximum atomic E-state index is 11.8. The fraction of sp³-hybridized carbons (Fsp3) is 1.00. The standard InChI is InChI=1S/C12H28N2O2S/c1-5-12(11(3)4)14-17(15,16)10-8-7-9-13-6-2/h11-14H,5-10H2,1-4H3. The molecule has 0 heterocycles. The Labute approximate surface area is 107 Å². The lowest BCUT2D eigenvalue weighted by atomic mass is 10.0. The van der Waals surface area contributed by atoms with E-state index in [1.54, 1.807) is 0 Å². The van der Waals surface area contributed by atoms with Gasteiger partial charge in [0.25, 0.3) is 0 Å². The second kappa shape index (κ2) is 8.89. The number of hydrogen-bond acceptors (Lipinski definition) is 3. The molecule has 0 aliphatic carbocycles. The summed E-state index contributed by atoms with van der Waals surface area (Å²) in [7, 11) is -3.10. The van der Waals surface area contributed by atoms with Gasteiger partial charge in [-0.25, -0.2) is 13.1 Å². The summed E-state index contributed by atoms with van der Waals surface area (Å²) in [6.07, 6.45) is 2.47. The minimum atomic E-state index is -3.10. The Balaban J connectivity index is 3.94. The van der Waals surface area contributed by atoms with Crippen molar-refractivity contribution in [3.05, 3.63) is 0 Å². The summed E-state index contributed by atoms with van der Waals surface area (Å²) in [4.78, 5) is 0. The van der Waals surface area contributed by atoms with E-state index < -0.39 is 10.0 Å². The highest BCUT2D eigenvalue weighted by Gasteiger charge is 2.18. The predicted octanol–water partition coefficient (Wildman–Crippen LogP) is 1.73. The van der Waals surface area contributed by atoms with Crippen molar-refractivity contribution in [2.75, 3.05) is 18.8 Å². The van der Waals surface area contributed by atoms with E-state index >= 15 is 0 Å². The van der Waals surface area contributed by atoms with Gasteiger partial charge in [-0.3, -0.25) is 0 Å². The molecule has 0 spiro atoms. The van der Waals surface area contributed by atoms with Crippen molar-refractivity contribution < 1.29 is 8.42 Å². The molecular weight excluding hydrogens is 236 g/mol. The maximum Gasteiger partial charge on any atom is 0.211 e. The van der Waals surface area contributed by atoms with E-state index in [2.05, 4.69) is 10.0 Å². The highest BCUT2D eigenvalue weighted by atomic mass is 32.2. The first-order valence-electron chi connectivity index (χ1n) is 6.63. The molecule has 0 aromatic carbocycles. The van der Waals surface area contributed by atoms with Crippen molar-refractivity contribution in [1.82, 2.24) is 10.0 Å². The third-order valence-electron chi connectivity index (χ3n) is 2.84. The third-order valence-corrected chi connectivity index (χ3v) is 4.33. The lowest BCUT2D eigenvalue weighted by Crippen LogP contribution is -2.39. The van der Waals surface area contributed by atoms with Crippen molar-refractivity contribution in [2.45, 2.75) is 53.0 Å². The molecule has 0 saturated carbocycles. The van der Waals surface area contributed by atoms with Gasteiger partial charge in [0, 0.05) is 6.04 Å². The van der Waals surface area contributed by atoms with Crippen LogP contribution in [0.15, 0.2) is 0 Å². The Morgan fingerprint density at radius 3 is 2.24 bits per heavy atom. The van der Waals surface area contributed by atoms with E-state index in [0.29, 0.717) is 5.92 Å². The van der Waals surface area contributed by atoms with Crippen LogP contribution in [0.3, 0.4) is 0 Å². The molecule has 2 N–H and O–H groups in total. The van der Waals surface area contributed by atoms with E-state index in [0.717, 1.165) is 32.4 Å². The molecule has 1 atom stereocenters. The van der Waals surface area contributed by atoms with Gasteiger partial charge in [-0.15, -0.1) is 0 Å². The van der Waals surface area contributed by atoms with Gasteiger partial charge in [0.1, 0.15) is 0 Å². The smallest absolute Gasteiger partial charge is 0.211 e. The molecule has 0 bridgehead atoms. The Morgan fingerprint density at radius 2 is 1.76 bits per heavy atom. The Hall–Kier alpha value is -0.130. The van der Waals surface area contributed by atoms with Crippen LogP contribution in [-0.2, 0) is 10.0 Å². The average Bonchev–Trinajstić information content (AvgIpc) is 2.25. The van der Waals surface area contributed by atoms with Crippen LogP contribution in [0.1, 0.15) is 47.0 Å². The van der Waals surface area contributed by atoms with Crippen LogP contribution < -0.4 is 10.0 Å². The van der Waals surface area contributed by atoms with Gasteiger partial charge in [0.15, 0.2) is 0 Å². The van der Waals surface area contributed by atoms with Crippen molar-refractivity contribution in [3.8, 4) is 0 Å². The second-order valence-corrected chi connectivity index (χ2v) is 6.63. The monoisotopic (exact) mass is 264 g/mol. The molecule has 104 valence electrons. The van der Waals surface area contributed by atoms with E-state index in [1.165, 1.54) is 0 Å². The Bertz CT molecular complexity index is 276.